The summed E-state index contributed by atoms with van der Waals surface area (Å²) in [6.45, 7) is 0. The number of anilines is 1. The van der Waals surface area contributed by atoms with Crippen molar-refractivity contribution in [1.29, 1.82) is 0 Å². The van der Waals surface area contributed by atoms with Gasteiger partial charge in [0.15, 0.2) is 0 Å². The lowest BCUT2D eigenvalue weighted by molar-refractivity contribution is 0.144. The molecule has 0 heterocycles. The molecule has 2 N–H and O–H groups in total. The molecule has 1 aromatic carbocycles. The van der Waals surface area contributed by atoms with E-state index in [2.05, 4.69) is 21.2 Å². The van der Waals surface area contributed by atoms with E-state index < -0.39 is 0 Å². The highest BCUT2D eigenvalue weighted by Gasteiger charge is 2.21. The van der Waals surface area contributed by atoms with Crippen LogP contribution in [-0.2, 0) is 0 Å². The van der Waals surface area contributed by atoms with Crippen molar-refractivity contribution in [1.82, 2.24) is 0 Å². The van der Waals surface area contributed by atoms with Gasteiger partial charge in [0, 0.05) is 5.69 Å². The molecule has 1 fully saturated rings. The molecule has 0 aliphatic heterocycles. The maximum Gasteiger partial charge on any atom is 0.139 e. The highest BCUT2D eigenvalue weighted by Crippen LogP contribution is 2.24. The predicted octanol–water partition coefficient (Wildman–Crippen LogP) is 3.69. The lowest BCUT2D eigenvalue weighted by Gasteiger charge is -2.23. The van der Waals surface area contributed by atoms with Gasteiger partial charge in [0.1, 0.15) is 5.82 Å². The fraction of sp³-hybridized carbons (Fsp3) is 0.538. The van der Waals surface area contributed by atoms with Crippen molar-refractivity contribution in [3.05, 3.63) is 28.5 Å². The summed E-state index contributed by atoms with van der Waals surface area (Å²) in [7, 11) is 0. The van der Waals surface area contributed by atoms with Gasteiger partial charge >= 0.3 is 0 Å². The molecular weight excluding hydrogens is 285 g/mol. The van der Waals surface area contributed by atoms with Gasteiger partial charge in [0.2, 0.25) is 0 Å². The molecule has 0 amide bonds. The summed E-state index contributed by atoms with van der Waals surface area (Å²) in [6.07, 6.45) is 4.81. The fourth-order valence-corrected chi connectivity index (χ4v) is 2.50. The Morgan fingerprint density at radius 3 is 2.76 bits per heavy atom. The molecule has 0 saturated heterocycles. The van der Waals surface area contributed by atoms with Crippen molar-refractivity contribution in [2.45, 2.75) is 44.2 Å². The molecule has 0 bridgehead atoms. The summed E-state index contributed by atoms with van der Waals surface area (Å²) in [5.41, 5.74) is 0.733. The van der Waals surface area contributed by atoms with Crippen molar-refractivity contribution >= 4 is 21.6 Å². The summed E-state index contributed by atoms with van der Waals surface area (Å²) in [5.74, 6) is -0.280. The summed E-state index contributed by atoms with van der Waals surface area (Å²) in [6, 6.07) is 5.01. The van der Waals surface area contributed by atoms with Gasteiger partial charge in [-0.3, -0.25) is 0 Å². The maximum absolute atomic E-state index is 13.4. The lowest BCUT2D eigenvalue weighted by atomic mass is 10.1. The molecule has 1 aliphatic rings. The van der Waals surface area contributed by atoms with Gasteiger partial charge in [0.25, 0.3) is 0 Å². The number of rotatable bonds is 2. The molecule has 1 saturated carbocycles. The number of aliphatic hydroxyl groups excluding tert-OH is 1. The Hall–Kier alpha value is -0.610. The quantitative estimate of drug-likeness (QED) is 0.817. The molecule has 2 nitrogen and oxygen atoms in total. The van der Waals surface area contributed by atoms with Gasteiger partial charge in [-0.2, -0.15) is 0 Å². The van der Waals surface area contributed by atoms with E-state index in [4.69, 9.17) is 0 Å². The molecular formula is C13H17BrFNO. The summed E-state index contributed by atoms with van der Waals surface area (Å²) in [5, 5.41) is 13.2. The Kier molecular flexibility index (Phi) is 4.40. The van der Waals surface area contributed by atoms with E-state index >= 15 is 0 Å². The van der Waals surface area contributed by atoms with Crippen LogP contribution in [0.2, 0.25) is 0 Å². The standard InChI is InChI=1S/C13H17BrFNO/c14-10-7-6-9(8-11(10)15)16-12-4-2-1-3-5-13(12)17/h6-8,12-13,16-17H,1-5H2. The van der Waals surface area contributed by atoms with Crippen LogP contribution in [0.4, 0.5) is 10.1 Å². The zero-order valence-corrected chi connectivity index (χ0v) is 11.2. The highest BCUT2D eigenvalue weighted by molar-refractivity contribution is 9.10. The monoisotopic (exact) mass is 301 g/mol. The number of benzene rings is 1. The van der Waals surface area contributed by atoms with Crippen molar-refractivity contribution in [2.24, 2.45) is 0 Å². The van der Waals surface area contributed by atoms with E-state index in [0.29, 0.717) is 4.47 Å². The SMILES string of the molecule is OC1CCCCCC1Nc1ccc(Br)c(F)c1. The molecule has 1 aromatic rings. The lowest BCUT2D eigenvalue weighted by Crippen LogP contribution is -2.32. The van der Waals surface area contributed by atoms with Gasteiger partial charge in [-0.1, -0.05) is 19.3 Å². The van der Waals surface area contributed by atoms with Crippen LogP contribution in [0.1, 0.15) is 32.1 Å². The average molecular weight is 302 g/mol. The molecule has 17 heavy (non-hydrogen) atoms. The Bertz CT molecular complexity index is 386. The summed E-state index contributed by atoms with van der Waals surface area (Å²) < 4.78 is 13.8. The van der Waals surface area contributed by atoms with Gasteiger partial charge < -0.3 is 10.4 Å². The Balaban J connectivity index is 2.05. The van der Waals surface area contributed by atoms with E-state index in [1.165, 1.54) is 12.5 Å². The summed E-state index contributed by atoms with van der Waals surface area (Å²) in [4.78, 5) is 0. The zero-order chi connectivity index (χ0) is 12.3. The Morgan fingerprint density at radius 1 is 1.24 bits per heavy atom. The van der Waals surface area contributed by atoms with Crippen LogP contribution < -0.4 is 5.32 Å². The number of halogens is 2. The minimum Gasteiger partial charge on any atom is -0.391 e. The minimum absolute atomic E-state index is 0.0399. The predicted molar refractivity (Wildman–Crippen MR) is 70.6 cm³/mol. The van der Waals surface area contributed by atoms with Crippen LogP contribution in [0, 0.1) is 5.82 Å². The first-order chi connectivity index (χ1) is 8.16. The van der Waals surface area contributed by atoms with E-state index in [0.717, 1.165) is 31.4 Å². The topological polar surface area (TPSA) is 32.3 Å². The van der Waals surface area contributed by atoms with E-state index in [-0.39, 0.29) is 18.0 Å². The van der Waals surface area contributed by atoms with E-state index in [1.807, 2.05) is 6.07 Å². The second-order valence-corrected chi connectivity index (χ2v) is 5.44. The second kappa shape index (κ2) is 5.83. The average Bonchev–Trinajstić information content (AvgIpc) is 2.50. The third-order valence-electron chi connectivity index (χ3n) is 3.25. The van der Waals surface area contributed by atoms with Crippen molar-refractivity contribution in [3.8, 4) is 0 Å². The van der Waals surface area contributed by atoms with Crippen LogP contribution >= 0.6 is 15.9 Å². The molecule has 4 heteroatoms. The number of hydrogen-bond acceptors (Lipinski definition) is 2. The molecule has 2 unspecified atom stereocenters. The zero-order valence-electron chi connectivity index (χ0n) is 9.63. The normalized spacial score (nSPS) is 25.4. The van der Waals surface area contributed by atoms with Crippen molar-refractivity contribution in [2.75, 3.05) is 5.32 Å². The van der Waals surface area contributed by atoms with Gasteiger partial charge in [-0.15, -0.1) is 0 Å². The molecule has 1 aliphatic carbocycles. The Morgan fingerprint density at radius 2 is 2.00 bits per heavy atom. The van der Waals surface area contributed by atoms with Gasteiger partial charge in [0.05, 0.1) is 16.6 Å². The first kappa shape index (κ1) is 12.8. The van der Waals surface area contributed by atoms with Crippen molar-refractivity contribution < 1.29 is 9.50 Å². The van der Waals surface area contributed by atoms with Crippen molar-refractivity contribution in [3.63, 3.8) is 0 Å². The largest absolute Gasteiger partial charge is 0.391 e. The number of nitrogens with one attached hydrogen (secondary N) is 1. The third-order valence-corrected chi connectivity index (χ3v) is 3.89. The molecule has 2 rings (SSSR count). The molecule has 0 aromatic heterocycles. The Labute approximate surface area is 109 Å². The van der Waals surface area contributed by atoms with Crippen LogP contribution in [0.3, 0.4) is 0 Å². The van der Waals surface area contributed by atoms with E-state index in [1.54, 1.807) is 6.07 Å². The summed E-state index contributed by atoms with van der Waals surface area (Å²) >= 11 is 3.13. The first-order valence-corrected chi connectivity index (χ1v) is 6.86. The second-order valence-electron chi connectivity index (χ2n) is 4.59. The third kappa shape index (κ3) is 3.42. The van der Waals surface area contributed by atoms with Crippen LogP contribution in [-0.4, -0.2) is 17.3 Å². The minimum atomic E-state index is -0.329. The van der Waals surface area contributed by atoms with Crippen LogP contribution in [0.5, 0.6) is 0 Å². The van der Waals surface area contributed by atoms with Gasteiger partial charge in [-0.25, -0.2) is 4.39 Å². The van der Waals surface area contributed by atoms with Crippen LogP contribution in [0.25, 0.3) is 0 Å². The number of hydrogen-bond donors (Lipinski definition) is 2. The highest BCUT2D eigenvalue weighted by atomic mass is 79.9. The smallest absolute Gasteiger partial charge is 0.139 e. The number of aliphatic hydroxyl groups is 1. The first-order valence-electron chi connectivity index (χ1n) is 6.06. The molecule has 0 radical (unpaired) electrons. The molecule has 0 spiro atoms. The molecule has 2 atom stereocenters. The fourth-order valence-electron chi connectivity index (χ4n) is 2.26. The maximum atomic E-state index is 13.4. The van der Waals surface area contributed by atoms with Crippen LogP contribution in [0.15, 0.2) is 22.7 Å². The van der Waals surface area contributed by atoms with E-state index in [9.17, 15) is 9.50 Å². The molecule has 94 valence electrons. The van der Waals surface area contributed by atoms with Gasteiger partial charge in [-0.05, 0) is 47.0 Å².